The fourth-order valence-electron chi connectivity index (χ4n) is 2.39. The van der Waals surface area contributed by atoms with Crippen LogP contribution in [-0.2, 0) is 0 Å². The molecule has 0 aliphatic carbocycles. The van der Waals surface area contributed by atoms with Crippen molar-refractivity contribution in [2.45, 2.75) is 0 Å². The molecule has 0 spiro atoms. The molecule has 1 N–H and O–H groups in total. The number of carbonyl (C=O) groups excluding carboxylic acids is 2. The van der Waals surface area contributed by atoms with Crippen LogP contribution >= 0.6 is 0 Å². The van der Waals surface area contributed by atoms with E-state index in [1.165, 1.54) is 54.6 Å². The third-order valence-electron chi connectivity index (χ3n) is 3.76. The van der Waals surface area contributed by atoms with Crippen LogP contribution in [-0.4, -0.2) is 27.9 Å². The molecular weight excluding hydrogens is 337 g/mol. The summed E-state index contributed by atoms with van der Waals surface area (Å²) in [6.45, 7) is 0. The van der Waals surface area contributed by atoms with Gasteiger partial charge in [0.25, 0.3) is 0 Å². The van der Waals surface area contributed by atoms with Crippen molar-refractivity contribution in [3.05, 3.63) is 83.1 Å². The number of fused-ring (bicyclic) bond motifs is 1. The van der Waals surface area contributed by atoms with E-state index >= 15 is 0 Å². The Balaban J connectivity index is 1.81. The molecule has 0 bridgehead atoms. The van der Waals surface area contributed by atoms with Gasteiger partial charge in [0.15, 0.2) is 5.78 Å². The average Bonchev–Trinajstić information content (AvgIpc) is 2.65. The Morgan fingerprint density at radius 2 is 1.54 bits per heavy atom. The predicted molar refractivity (Wildman–Crippen MR) is 93.9 cm³/mol. The van der Waals surface area contributed by atoms with Crippen LogP contribution in [0.4, 0.5) is 4.39 Å². The van der Waals surface area contributed by atoms with Gasteiger partial charge in [-0.1, -0.05) is 18.2 Å². The highest BCUT2D eigenvalue weighted by Crippen LogP contribution is 2.16. The summed E-state index contributed by atoms with van der Waals surface area (Å²) in [5.74, 6) is -1.35. The Morgan fingerprint density at radius 1 is 0.885 bits per heavy atom. The quantitative estimate of drug-likeness (QED) is 0.428. The maximum atomic E-state index is 12.7. The van der Waals surface area contributed by atoms with Crippen LogP contribution < -0.4 is 0 Å². The van der Waals surface area contributed by atoms with Crippen LogP contribution in [0.3, 0.4) is 0 Å². The van der Waals surface area contributed by atoms with Crippen molar-refractivity contribution in [1.29, 1.82) is 0 Å². The van der Waals surface area contributed by atoms with Crippen LogP contribution in [0, 0.1) is 0 Å². The summed E-state index contributed by atoms with van der Waals surface area (Å²) in [6, 6.07) is 11.7. The number of aromatic nitrogens is 1. The van der Waals surface area contributed by atoms with E-state index in [9.17, 15) is 18.8 Å². The fourth-order valence-corrected chi connectivity index (χ4v) is 2.39. The van der Waals surface area contributed by atoms with Crippen molar-refractivity contribution in [2.24, 2.45) is 0 Å². The molecule has 0 unspecified atom stereocenters. The first-order valence-electron chi connectivity index (χ1n) is 7.60. The molecule has 0 aliphatic rings. The molecule has 1 aromatic heterocycles. The number of nitrogens with zero attached hydrogens (tertiary/aromatic N) is 1. The van der Waals surface area contributed by atoms with E-state index in [0.29, 0.717) is 22.2 Å². The lowest BCUT2D eigenvalue weighted by Gasteiger charge is -2.01. The van der Waals surface area contributed by atoms with Crippen molar-refractivity contribution in [2.75, 3.05) is 0 Å². The molecule has 128 valence electrons. The summed E-state index contributed by atoms with van der Waals surface area (Å²) < 4.78 is 12.7. The zero-order valence-corrected chi connectivity index (χ0v) is 13.3. The van der Waals surface area contributed by atoms with Gasteiger partial charge in [-0.05, 0) is 48.6 Å². The van der Waals surface area contributed by atoms with E-state index in [1.54, 1.807) is 12.1 Å². The highest BCUT2D eigenvalue weighted by molar-refractivity contribution is 6.07. The summed E-state index contributed by atoms with van der Waals surface area (Å²) in [5.41, 5.74) is 1.51. The Labute approximate surface area is 147 Å². The molecule has 6 heteroatoms. The number of pyridine rings is 1. The van der Waals surface area contributed by atoms with Crippen LogP contribution in [0.1, 0.15) is 36.8 Å². The standard InChI is InChI=1S/C20H12FNO4/c21-19(24)15-6-9-17-14(11-15)5-7-16(22-17)8-10-18(23)12-1-3-13(4-2-12)20(25)26/h1-11H,(H,25,26). The van der Waals surface area contributed by atoms with Gasteiger partial charge in [-0.2, -0.15) is 4.39 Å². The van der Waals surface area contributed by atoms with Gasteiger partial charge in [0.1, 0.15) is 0 Å². The SMILES string of the molecule is O=C(O)c1ccc(C(=O)C=Cc2ccc3cc(C(=O)F)ccc3n2)cc1. The highest BCUT2D eigenvalue weighted by atomic mass is 19.1. The maximum Gasteiger partial charge on any atom is 0.335 e. The number of carboxylic acids is 1. The van der Waals surface area contributed by atoms with Crippen molar-refractivity contribution in [1.82, 2.24) is 4.98 Å². The number of aromatic carboxylic acids is 1. The van der Waals surface area contributed by atoms with Gasteiger partial charge in [-0.3, -0.25) is 9.59 Å². The molecule has 5 nitrogen and oxygen atoms in total. The monoisotopic (exact) mass is 349 g/mol. The van der Waals surface area contributed by atoms with Gasteiger partial charge < -0.3 is 5.11 Å². The first-order valence-corrected chi connectivity index (χ1v) is 7.60. The molecule has 1 heterocycles. The largest absolute Gasteiger partial charge is 0.478 e. The van der Waals surface area contributed by atoms with Crippen molar-refractivity contribution in [3.63, 3.8) is 0 Å². The van der Waals surface area contributed by atoms with Gasteiger partial charge in [0, 0.05) is 10.9 Å². The predicted octanol–water partition coefficient (Wildman–Crippen LogP) is 3.94. The molecule has 0 fully saturated rings. The van der Waals surface area contributed by atoms with Crippen molar-refractivity contribution < 1.29 is 23.9 Å². The number of rotatable bonds is 5. The van der Waals surface area contributed by atoms with E-state index in [2.05, 4.69) is 4.98 Å². The summed E-state index contributed by atoms with van der Waals surface area (Å²) in [5, 5.41) is 9.47. The van der Waals surface area contributed by atoms with Gasteiger partial charge >= 0.3 is 12.0 Å². The molecule has 0 amide bonds. The number of hydrogen-bond acceptors (Lipinski definition) is 4. The summed E-state index contributed by atoms with van der Waals surface area (Å²) in [6.07, 6.45) is 2.87. The van der Waals surface area contributed by atoms with E-state index in [-0.39, 0.29) is 16.9 Å². The lowest BCUT2D eigenvalue weighted by Crippen LogP contribution is -1.99. The third kappa shape index (κ3) is 3.70. The lowest BCUT2D eigenvalue weighted by molar-refractivity contribution is 0.0695. The Kier molecular flexibility index (Phi) is 4.66. The second-order valence-corrected chi connectivity index (χ2v) is 5.50. The van der Waals surface area contributed by atoms with Crippen molar-refractivity contribution in [3.8, 4) is 0 Å². The van der Waals surface area contributed by atoms with Crippen molar-refractivity contribution >= 4 is 34.8 Å². The van der Waals surface area contributed by atoms with E-state index in [0.717, 1.165) is 0 Å². The molecule has 0 saturated heterocycles. The summed E-state index contributed by atoms with van der Waals surface area (Å²) in [7, 11) is 0. The smallest absolute Gasteiger partial charge is 0.335 e. The maximum absolute atomic E-state index is 12.7. The van der Waals surface area contributed by atoms with Crippen LogP contribution in [0.2, 0.25) is 0 Å². The second kappa shape index (κ2) is 7.06. The van der Waals surface area contributed by atoms with E-state index in [4.69, 9.17) is 5.11 Å². The summed E-state index contributed by atoms with van der Waals surface area (Å²) >= 11 is 0. The van der Waals surface area contributed by atoms with Gasteiger partial charge in [-0.25, -0.2) is 9.78 Å². The van der Waals surface area contributed by atoms with E-state index in [1.807, 2.05) is 0 Å². The number of ketones is 1. The molecule has 26 heavy (non-hydrogen) atoms. The summed E-state index contributed by atoms with van der Waals surface area (Å²) in [4.78, 5) is 38.0. The molecule has 2 aromatic carbocycles. The molecule has 3 rings (SSSR count). The number of halogens is 1. The number of allylic oxidation sites excluding steroid dienone is 1. The fraction of sp³-hybridized carbons (Fsp3) is 0. The van der Waals surface area contributed by atoms with Gasteiger partial charge in [0.05, 0.1) is 22.3 Å². The number of hydrogen-bond donors (Lipinski definition) is 1. The van der Waals surface area contributed by atoms with Gasteiger partial charge in [-0.15, -0.1) is 0 Å². The Morgan fingerprint density at radius 3 is 2.19 bits per heavy atom. The zero-order chi connectivity index (χ0) is 18.7. The topological polar surface area (TPSA) is 84.3 Å². The third-order valence-corrected chi connectivity index (χ3v) is 3.76. The van der Waals surface area contributed by atoms with E-state index < -0.39 is 12.0 Å². The van der Waals surface area contributed by atoms with Crippen LogP contribution in [0.25, 0.3) is 17.0 Å². The van der Waals surface area contributed by atoms with Gasteiger partial charge in [0.2, 0.25) is 0 Å². The average molecular weight is 349 g/mol. The second-order valence-electron chi connectivity index (χ2n) is 5.50. The molecule has 0 atom stereocenters. The first kappa shape index (κ1) is 17.2. The molecule has 0 aliphatic heterocycles. The Bertz CT molecular complexity index is 1060. The minimum Gasteiger partial charge on any atom is -0.478 e. The Hall–Kier alpha value is -3.67. The molecule has 3 aromatic rings. The molecule has 0 radical (unpaired) electrons. The number of benzene rings is 2. The zero-order valence-electron chi connectivity index (χ0n) is 13.3. The molecular formula is C20H12FNO4. The number of carbonyl (C=O) groups is 3. The van der Waals surface area contributed by atoms with Crippen LogP contribution in [0.5, 0.6) is 0 Å². The normalized spacial score (nSPS) is 11.0. The number of carboxylic acid groups (broad SMARTS) is 1. The first-order chi connectivity index (χ1) is 12.4. The lowest BCUT2D eigenvalue weighted by atomic mass is 10.1. The minimum atomic E-state index is -1.50. The molecule has 0 saturated carbocycles. The minimum absolute atomic E-state index is 0.0393. The highest BCUT2D eigenvalue weighted by Gasteiger charge is 2.07. The van der Waals surface area contributed by atoms with Crippen LogP contribution in [0.15, 0.2) is 60.7 Å².